The highest BCUT2D eigenvalue weighted by Gasteiger charge is 2.48. The molecular formula is C29H37N3O13. The third-order valence-corrected chi connectivity index (χ3v) is 6.92. The van der Waals surface area contributed by atoms with Crippen LogP contribution in [0.3, 0.4) is 0 Å². The third kappa shape index (κ3) is 10.1. The Morgan fingerprint density at radius 2 is 1.64 bits per heavy atom. The lowest BCUT2D eigenvalue weighted by Crippen LogP contribution is -2.61. The van der Waals surface area contributed by atoms with Gasteiger partial charge in [0.1, 0.15) is 30.7 Å². The first-order valence-electron chi connectivity index (χ1n) is 14.4. The van der Waals surface area contributed by atoms with Crippen LogP contribution < -0.4 is 15.4 Å². The molecule has 0 aromatic heterocycles. The van der Waals surface area contributed by atoms with E-state index in [0.717, 1.165) is 4.90 Å². The van der Waals surface area contributed by atoms with Crippen molar-refractivity contribution in [3.8, 4) is 5.75 Å². The lowest BCUT2D eigenvalue weighted by Gasteiger charge is -2.38. The summed E-state index contributed by atoms with van der Waals surface area (Å²) in [6.45, 7) is 1.75. The minimum atomic E-state index is -1.92. The Labute approximate surface area is 257 Å². The SMILES string of the molecule is CCC(=O)OCc1ccc(O[C@@H]2OC(C(=O)O)[C@@H](O)[C@H](O)C2O)c(NC(=O)CCNC(=O)CCCCCN2C(=O)C=CC2=O)c1. The van der Waals surface area contributed by atoms with Gasteiger partial charge in [0.2, 0.25) is 18.1 Å². The van der Waals surface area contributed by atoms with Crippen LogP contribution in [-0.4, -0.2) is 105 Å². The molecule has 2 unspecified atom stereocenters. The highest BCUT2D eigenvalue weighted by atomic mass is 16.7. The van der Waals surface area contributed by atoms with Crippen molar-refractivity contribution in [2.24, 2.45) is 0 Å². The van der Waals surface area contributed by atoms with Crippen molar-refractivity contribution in [1.29, 1.82) is 0 Å². The molecule has 6 N–H and O–H groups in total. The standard InChI is InChI=1S/C29H37N3O13/c1-2-23(37)43-15-16-7-8-18(44-29-26(40)24(38)25(39)27(45-29)28(41)42)17(14-16)31-20(34)11-12-30-19(33)6-4-3-5-13-32-21(35)9-10-22(32)36/h7-10,14,24-27,29,38-40H,2-6,11-13,15H2,1H3,(H,30,33)(H,31,34)(H,41,42)/t24-,25-,26?,27?,29+/m0/s1. The molecule has 1 saturated heterocycles. The van der Waals surface area contributed by atoms with E-state index in [1.807, 2.05) is 0 Å². The van der Waals surface area contributed by atoms with E-state index < -0.39 is 48.6 Å². The summed E-state index contributed by atoms with van der Waals surface area (Å²) < 4.78 is 15.9. The summed E-state index contributed by atoms with van der Waals surface area (Å²) in [7, 11) is 0. The van der Waals surface area contributed by atoms with Crippen LogP contribution in [0.4, 0.5) is 5.69 Å². The van der Waals surface area contributed by atoms with E-state index in [2.05, 4.69) is 10.6 Å². The van der Waals surface area contributed by atoms with Gasteiger partial charge in [-0.05, 0) is 30.5 Å². The molecule has 0 aliphatic carbocycles. The number of carboxylic acid groups (broad SMARTS) is 1. The molecule has 2 heterocycles. The Hall–Kier alpha value is -4.38. The van der Waals surface area contributed by atoms with Gasteiger partial charge in [-0.2, -0.15) is 0 Å². The van der Waals surface area contributed by atoms with Crippen molar-refractivity contribution in [2.75, 3.05) is 18.4 Å². The number of aliphatic carboxylic acids is 1. The molecule has 246 valence electrons. The Morgan fingerprint density at radius 3 is 2.31 bits per heavy atom. The van der Waals surface area contributed by atoms with E-state index in [1.54, 1.807) is 6.92 Å². The molecule has 5 atom stereocenters. The Kier molecular flexibility index (Phi) is 13.0. The zero-order valence-electron chi connectivity index (χ0n) is 24.5. The quantitative estimate of drug-likeness (QED) is 0.0752. The minimum absolute atomic E-state index is 0.00800. The number of aliphatic hydroxyl groups excluding tert-OH is 3. The number of imide groups is 1. The fourth-order valence-electron chi connectivity index (χ4n) is 4.41. The average Bonchev–Trinajstić information content (AvgIpc) is 3.32. The number of esters is 1. The largest absolute Gasteiger partial charge is 0.479 e. The highest BCUT2D eigenvalue weighted by molar-refractivity contribution is 6.12. The highest BCUT2D eigenvalue weighted by Crippen LogP contribution is 2.31. The van der Waals surface area contributed by atoms with Crippen LogP contribution in [0, 0.1) is 0 Å². The lowest BCUT2D eigenvalue weighted by molar-refractivity contribution is -0.271. The van der Waals surface area contributed by atoms with Crippen molar-refractivity contribution in [3.05, 3.63) is 35.9 Å². The molecule has 16 nitrogen and oxygen atoms in total. The van der Waals surface area contributed by atoms with E-state index in [0.29, 0.717) is 24.8 Å². The molecule has 2 aliphatic rings. The van der Waals surface area contributed by atoms with E-state index in [9.17, 15) is 49.2 Å². The number of anilines is 1. The number of rotatable bonds is 16. The number of ether oxygens (including phenoxy) is 3. The molecule has 0 bridgehead atoms. The number of amides is 4. The lowest BCUT2D eigenvalue weighted by atomic mass is 9.99. The van der Waals surface area contributed by atoms with E-state index >= 15 is 0 Å². The van der Waals surface area contributed by atoms with Crippen LogP contribution in [0.1, 0.15) is 51.0 Å². The van der Waals surface area contributed by atoms with E-state index in [1.165, 1.54) is 30.4 Å². The summed E-state index contributed by atoms with van der Waals surface area (Å²) in [5, 5.41) is 44.9. The molecule has 0 radical (unpaired) electrons. The van der Waals surface area contributed by atoms with Crippen LogP contribution in [0.25, 0.3) is 0 Å². The zero-order chi connectivity index (χ0) is 33.1. The summed E-state index contributed by atoms with van der Waals surface area (Å²) in [6.07, 6.45) is -5.05. The number of benzene rings is 1. The van der Waals surface area contributed by atoms with Gasteiger partial charge in [0.05, 0.1) is 5.69 Å². The fraction of sp³-hybridized carbons (Fsp3) is 0.517. The molecule has 0 saturated carbocycles. The summed E-state index contributed by atoms with van der Waals surface area (Å²) in [6, 6.07) is 4.26. The van der Waals surface area contributed by atoms with Gasteiger partial charge in [-0.1, -0.05) is 19.4 Å². The fourth-order valence-corrected chi connectivity index (χ4v) is 4.41. The van der Waals surface area contributed by atoms with Gasteiger partial charge in [-0.15, -0.1) is 0 Å². The molecular weight excluding hydrogens is 598 g/mol. The van der Waals surface area contributed by atoms with Crippen molar-refractivity contribution >= 4 is 41.3 Å². The van der Waals surface area contributed by atoms with Gasteiger partial charge in [-0.25, -0.2) is 4.79 Å². The predicted octanol–water partition coefficient (Wildman–Crippen LogP) is -0.659. The second kappa shape index (κ2) is 16.6. The minimum Gasteiger partial charge on any atom is -0.479 e. The van der Waals surface area contributed by atoms with Crippen LogP contribution in [0.2, 0.25) is 0 Å². The number of nitrogens with zero attached hydrogens (tertiary/aromatic N) is 1. The molecule has 1 fully saturated rings. The zero-order valence-corrected chi connectivity index (χ0v) is 24.5. The van der Waals surface area contributed by atoms with Gasteiger partial charge < -0.3 is 45.3 Å². The number of aliphatic hydroxyl groups is 3. The third-order valence-electron chi connectivity index (χ3n) is 6.92. The number of hydrogen-bond acceptors (Lipinski definition) is 12. The van der Waals surface area contributed by atoms with Crippen LogP contribution >= 0.6 is 0 Å². The van der Waals surface area contributed by atoms with Crippen LogP contribution in [0.5, 0.6) is 5.75 Å². The second-order valence-corrected chi connectivity index (χ2v) is 10.3. The van der Waals surface area contributed by atoms with Crippen LogP contribution in [0.15, 0.2) is 30.4 Å². The Balaban J connectivity index is 1.54. The van der Waals surface area contributed by atoms with Gasteiger partial charge in [0.25, 0.3) is 11.8 Å². The summed E-state index contributed by atoms with van der Waals surface area (Å²) >= 11 is 0. The summed E-state index contributed by atoms with van der Waals surface area (Å²) in [5.41, 5.74) is 0.483. The predicted molar refractivity (Wildman–Crippen MR) is 152 cm³/mol. The topological polar surface area (TPSA) is 238 Å². The van der Waals surface area contributed by atoms with Crippen LogP contribution in [-0.2, 0) is 44.8 Å². The van der Waals surface area contributed by atoms with Gasteiger partial charge in [0, 0.05) is 44.5 Å². The number of carboxylic acids is 1. The van der Waals surface area contributed by atoms with Crippen molar-refractivity contribution < 1.29 is 63.4 Å². The first-order chi connectivity index (χ1) is 21.4. The molecule has 1 aromatic rings. The van der Waals surface area contributed by atoms with E-state index in [-0.39, 0.29) is 68.1 Å². The molecule has 16 heteroatoms. The van der Waals surface area contributed by atoms with Gasteiger partial charge >= 0.3 is 11.9 Å². The molecule has 1 aromatic carbocycles. The average molecular weight is 636 g/mol. The van der Waals surface area contributed by atoms with Gasteiger partial charge in [0.15, 0.2) is 6.10 Å². The normalized spacial score (nSPS) is 22.7. The molecule has 0 spiro atoms. The summed E-state index contributed by atoms with van der Waals surface area (Å²) in [5.74, 6) is -3.71. The number of nitrogens with one attached hydrogen (secondary N) is 2. The Morgan fingerprint density at radius 1 is 0.933 bits per heavy atom. The Bertz CT molecular complexity index is 1280. The molecule has 45 heavy (non-hydrogen) atoms. The van der Waals surface area contributed by atoms with Gasteiger partial charge in [-0.3, -0.25) is 28.9 Å². The molecule has 4 amide bonds. The first kappa shape index (κ1) is 35.1. The number of carbonyl (C=O) groups excluding carboxylic acids is 5. The van der Waals surface area contributed by atoms with Crippen molar-refractivity contribution in [3.63, 3.8) is 0 Å². The van der Waals surface area contributed by atoms with Crippen molar-refractivity contribution in [2.45, 2.75) is 82.8 Å². The maximum Gasteiger partial charge on any atom is 0.335 e. The first-order valence-corrected chi connectivity index (χ1v) is 14.4. The summed E-state index contributed by atoms with van der Waals surface area (Å²) in [4.78, 5) is 72.2. The van der Waals surface area contributed by atoms with E-state index in [4.69, 9.17) is 14.2 Å². The monoisotopic (exact) mass is 635 g/mol. The smallest absolute Gasteiger partial charge is 0.335 e. The van der Waals surface area contributed by atoms with Crippen molar-refractivity contribution in [1.82, 2.24) is 10.2 Å². The molecule has 2 aliphatic heterocycles. The molecule has 3 rings (SSSR count). The second-order valence-electron chi connectivity index (χ2n) is 10.3. The maximum atomic E-state index is 12.7. The number of hydrogen-bond donors (Lipinski definition) is 6. The maximum absolute atomic E-state index is 12.7. The number of carbonyl (C=O) groups is 6. The number of unbranched alkanes of at least 4 members (excludes halogenated alkanes) is 2.